The number of rotatable bonds is 10. The number of allylic oxidation sites excluding steroid dienone is 2. The topological polar surface area (TPSA) is 0 Å². The first kappa shape index (κ1) is 26.6. The van der Waals surface area contributed by atoms with Crippen LogP contribution in [-0.4, -0.2) is 0 Å². The molecule has 2 saturated carbocycles. The highest BCUT2D eigenvalue weighted by atomic mass is 35.5. The fraction of sp³-hybridized carbons (Fsp3) is 0.714. The van der Waals surface area contributed by atoms with Gasteiger partial charge < -0.3 is 0 Å². The lowest BCUT2D eigenvalue weighted by atomic mass is 9.76. The van der Waals surface area contributed by atoms with Crippen LogP contribution < -0.4 is 0 Å². The molecule has 1 aromatic carbocycles. The molecule has 0 heterocycles. The normalized spacial score (nSPS) is 26.7. The largest absolute Gasteiger partial charge is 0.353 e. The lowest BCUT2D eigenvalue weighted by Crippen LogP contribution is -2.16. The molecule has 186 valence electrons. The van der Waals surface area contributed by atoms with E-state index in [0.29, 0.717) is 11.5 Å². The maximum atomic E-state index is 14.1. The number of unbranched alkanes of at least 4 members (excludes halogenated alkanes) is 1. The summed E-state index contributed by atoms with van der Waals surface area (Å²) in [4.78, 5) is 0. The lowest BCUT2D eigenvalue weighted by molar-refractivity contribution is 0.0857. The van der Waals surface area contributed by atoms with Gasteiger partial charge in [-0.15, -0.1) is 0 Å². The zero-order valence-corrected chi connectivity index (χ0v) is 20.7. The molecule has 0 atom stereocenters. The molecule has 0 aliphatic heterocycles. The molecular formula is C28H39ClF4. The lowest BCUT2D eigenvalue weighted by Gasteiger charge is -2.30. The summed E-state index contributed by atoms with van der Waals surface area (Å²) in [6, 6.07) is 2.10. The fourth-order valence-electron chi connectivity index (χ4n) is 6.06. The van der Waals surface area contributed by atoms with Crippen molar-refractivity contribution in [2.45, 2.75) is 108 Å². The van der Waals surface area contributed by atoms with E-state index >= 15 is 0 Å². The first-order valence-corrected chi connectivity index (χ1v) is 13.3. The molecule has 33 heavy (non-hydrogen) atoms. The molecule has 0 aromatic heterocycles. The van der Waals surface area contributed by atoms with E-state index in [9.17, 15) is 17.6 Å². The van der Waals surface area contributed by atoms with Crippen LogP contribution >= 0.6 is 11.6 Å². The van der Waals surface area contributed by atoms with Gasteiger partial charge in [0.25, 0.3) is 0 Å². The monoisotopic (exact) mass is 486 g/mol. The van der Waals surface area contributed by atoms with Crippen molar-refractivity contribution in [1.82, 2.24) is 0 Å². The van der Waals surface area contributed by atoms with Gasteiger partial charge in [0.2, 0.25) is 0 Å². The molecule has 0 spiro atoms. The van der Waals surface area contributed by atoms with Crippen molar-refractivity contribution < 1.29 is 17.6 Å². The van der Waals surface area contributed by atoms with Crippen molar-refractivity contribution in [2.24, 2.45) is 17.8 Å². The van der Waals surface area contributed by atoms with E-state index in [2.05, 4.69) is 19.1 Å². The fourth-order valence-corrected chi connectivity index (χ4v) is 6.24. The summed E-state index contributed by atoms with van der Waals surface area (Å²) in [5, 5.41) is -4.03. The predicted molar refractivity (Wildman–Crippen MR) is 129 cm³/mol. The Hall–Kier alpha value is -1.03. The zero-order valence-electron chi connectivity index (χ0n) is 19.9. The highest BCUT2D eigenvalue weighted by Crippen LogP contribution is 2.42. The molecule has 3 rings (SSSR count). The Labute approximate surface area is 202 Å². The number of alkyl halides is 3. The molecule has 0 saturated heterocycles. The van der Waals surface area contributed by atoms with Gasteiger partial charge in [-0.3, -0.25) is 0 Å². The van der Waals surface area contributed by atoms with Crippen LogP contribution in [0.3, 0.4) is 0 Å². The van der Waals surface area contributed by atoms with E-state index in [-0.39, 0.29) is 5.92 Å². The summed E-state index contributed by atoms with van der Waals surface area (Å²) in [6.07, 6.45) is 21.6. The second-order valence-corrected chi connectivity index (χ2v) is 10.9. The summed E-state index contributed by atoms with van der Waals surface area (Å²) in [5.74, 6) is 0.0398. The minimum atomic E-state index is -4.03. The Morgan fingerprint density at radius 1 is 0.818 bits per heavy atom. The first-order valence-electron chi connectivity index (χ1n) is 12.9. The Morgan fingerprint density at radius 3 is 1.73 bits per heavy atom. The first-order chi connectivity index (χ1) is 15.8. The summed E-state index contributed by atoms with van der Waals surface area (Å²) in [7, 11) is 0. The predicted octanol–water partition coefficient (Wildman–Crippen LogP) is 10.2. The van der Waals surface area contributed by atoms with Gasteiger partial charge in [0, 0.05) is 0 Å². The number of benzene rings is 1. The summed E-state index contributed by atoms with van der Waals surface area (Å²) in [6.45, 7) is 2.09. The standard InChI is InChI=1S/C28H39ClF4/c1-2-3-4-7-20-10-12-21(13-11-20)8-5-6-9-22-14-16-23(17-15-22)24-18-25(30)27(26(31)19-24)28(29,32)33/h2-3,18-23H,4-17H2,1H3. The summed E-state index contributed by atoms with van der Waals surface area (Å²) >= 11 is 4.85. The van der Waals surface area contributed by atoms with Gasteiger partial charge in [-0.2, -0.15) is 8.78 Å². The van der Waals surface area contributed by atoms with E-state index < -0.39 is 22.6 Å². The van der Waals surface area contributed by atoms with Crippen molar-refractivity contribution in [3.63, 3.8) is 0 Å². The summed E-state index contributed by atoms with van der Waals surface area (Å²) < 4.78 is 54.6. The van der Waals surface area contributed by atoms with Gasteiger partial charge in [-0.25, -0.2) is 8.78 Å². The molecule has 2 fully saturated rings. The molecule has 1 aromatic rings. The third kappa shape index (κ3) is 8.01. The molecule has 0 nitrogen and oxygen atoms in total. The van der Waals surface area contributed by atoms with Crippen molar-refractivity contribution in [3.8, 4) is 0 Å². The highest BCUT2D eigenvalue weighted by molar-refractivity contribution is 6.21. The SMILES string of the molecule is CC=CCCC1CCC(CCCCC2CCC(c3cc(F)c(C(F)(F)Cl)c(F)c3)CC2)CC1. The molecule has 0 radical (unpaired) electrons. The molecule has 0 amide bonds. The van der Waals surface area contributed by atoms with Gasteiger partial charge in [0.05, 0.1) is 0 Å². The van der Waals surface area contributed by atoms with E-state index in [4.69, 9.17) is 11.6 Å². The van der Waals surface area contributed by atoms with Gasteiger partial charge in [-0.1, -0.05) is 63.5 Å². The Kier molecular flexibility index (Phi) is 10.2. The third-order valence-electron chi connectivity index (χ3n) is 8.08. The maximum Gasteiger partial charge on any atom is 0.353 e. The quantitative estimate of drug-likeness (QED) is 0.133. The van der Waals surface area contributed by atoms with Crippen molar-refractivity contribution in [1.29, 1.82) is 0 Å². The van der Waals surface area contributed by atoms with E-state index in [1.807, 2.05) is 0 Å². The number of hydrogen-bond acceptors (Lipinski definition) is 0. The van der Waals surface area contributed by atoms with Gasteiger partial charge >= 0.3 is 5.38 Å². The molecule has 2 aliphatic rings. The highest BCUT2D eigenvalue weighted by Gasteiger charge is 2.36. The van der Waals surface area contributed by atoms with Crippen LogP contribution in [0.25, 0.3) is 0 Å². The van der Waals surface area contributed by atoms with Crippen molar-refractivity contribution >= 4 is 11.6 Å². The van der Waals surface area contributed by atoms with Gasteiger partial charge in [0.15, 0.2) is 0 Å². The van der Waals surface area contributed by atoms with Crippen LogP contribution in [0.5, 0.6) is 0 Å². The Bertz CT molecular complexity index is 731. The zero-order chi connectivity index (χ0) is 23.8. The van der Waals surface area contributed by atoms with Crippen LogP contribution in [0.1, 0.15) is 114 Å². The molecule has 0 N–H and O–H groups in total. The molecule has 0 bridgehead atoms. The van der Waals surface area contributed by atoms with Crippen LogP contribution in [-0.2, 0) is 5.38 Å². The second-order valence-electron chi connectivity index (χ2n) is 10.4. The molecule has 0 unspecified atom stereocenters. The maximum absolute atomic E-state index is 14.1. The van der Waals surface area contributed by atoms with E-state index in [1.165, 1.54) is 64.2 Å². The minimum absolute atomic E-state index is 0.0336. The molecule has 2 aliphatic carbocycles. The van der Waals surface area contributed by atoms with Crippen LogP contribution in [0.15, 0.2) is 24.3 Å². The van der Waals surface area contributed by atoms with Crippen LogP contribution in [0, 0.1) is 29.4 Å². The van der Waals surface area contributed by atoms with Gasteiger partial charge in [0.1, 0.15) is 17.2 Å². The third-order valence-corrected chi connectivity index (χ3v) is 8.27. The van der Waals surface area contributed by atoms with Gasteiger partial charge in [-0.05, 0) is 98.4 Å². The van der Waals surface area contributed by atoms with E-state index in [1.54, 1.807) is 0 Å². The van der Waals surface area contributed by atoms with Crippen molar-refractivity contribution in [2.75, 3.05) is 0 Å². The number of halogens is 5. The second kappa shape index (κ2) is 12.6. The van der Waals surface area contributed by atoms with Crippen molar-refractivity contribution in [3.05, 3.63) is 47.0 Å². The Balaban J connectivity index is 1.33. The number of hydrogen-bond donors (Lipinski definition) is 0. The average Bonchev–Trinajstić information content (AvgIpc) is 2.77. The summed E-state index contributed by atoms with van der Waals surface area (Å²) in [5.41, 5.74) is -0.863. The average molecular weight is 487 g/mol. The molecule has 5 heteroatoms. The Morgan fingerprint density at radius 2 is 1.27 bits per heavy atom. The van der Waals surface area contributed by atoms with Crippen LogP contribution in [0.2, 0.25) is 0 Å². The van der Waals surface area contributed by atoms with Crippen LogP contribution in [0.4, 0.5) is 17.6 Å². The molecular weight excluding hydrogens is 448 g/mol. The van der Waals surface area contributed by atoms with E-state index in [0.717, 1.165) is 49.7 Å². The minimum Gasteiger partial charge on any atom is -0.206 e. The smallest absolute Gasteiger partial charge is 0.206 e.